The maximum atomic E-state index is 14.8. The summed E-state index contributed by atoms with van der Waals surface area (Å²) in [5.74, 6) is -60.3. The van der Waals surface area contributed by atoms with Crippen molar-refractivity contribution in [1.82, 2.24) is 15.0 Å². The minimum atomic E-state index is -8.48. The summed E-state index contributed by atoms with van der Waals surface area (Å²) < 4.78 is 440. The molecule has 0 aliphatic heterocycles. The second kappa shape index (κ2) is 17.1. The molecule has 0 fully saturated rings. The average molecular weight is 1480 g/mol. The molecule has 0 saturated carbocycles. The molecule has 44 heteroatoms. The van der Waals surface area contributed by atoms with Crippen molar-refractivity contribution in [1.29, 1.82) is 0 Å². The van der Waals surface area contributed by atoms with Gasteiger partial charge in [-0.2, -0.15) is 145 Å². The fourth-order valence-electron chi connectivity index (χ4n) is 3.00. The van der Waals surface area contributed by atoms with Gasteiger partial charge in [-0.15, -0.1) is 0 Å². The monoisotopic (exact) mass is 1480 g/mol. The summed E-state index contributed by atoms with van der Waals surface area (Å²) in [4.78, 5) is 3.01. The topological polar surface area (TPSA) is 75.6 Å². The second-order valence-corrected chi connectivity index (χ2v) is 16.3. The fourth-order valence-corrected chi connectivity index (χ4v) is 5.98. The number of ether oxygens (including phenoxy) is 4. The fraction of sp³-hybridized carbons (Fsp3) is 0.850. The minimum absolute atomic E-state index is 0.878. The Bertz CT molecular complexity index is 1840. The molecule has 0 saturated heterocycles. The second-order valence-electron chi connectivity index (χ2n) is 10.8. The summed E-state index contributed by atoms with van der Waals surface area (Å²) in [6.07, 6.45) is -57.0. The van der Waals surface area contributed by atoms with E-state index < -0.39 is 202 Å². The SMILES string of the molecule is FC(F)(F)c1nc(C(F)(F)C(F)(F)OC(F)(F)C(F)(OC(F)(I)C(F)(F)C(F)(F)I)C(F)(F)F)nc(C(F)(F)C(F)(F)OC(F)(C(F)(F)F)C(F)(F)OC(F)(I)C(F)(F)C(F)(F)I)n1. The van der Waals surface area contributed by atoms with Gasteiger partial charge in [0.1, 0.15) is 0 Å². The zero-order chi connectivity index (χ0) is 52.2. The van der Waals surface area contributed by atoms with Crippen LogP contribution in [0.15, 0.2) is 0 Å². The van der Waals surface area contributed by atoms with Crippen LogP contribution in [0.5, 0.6) is 0 Å². The third kappa shape index (κ3) is 10.9. The van der Waals surface area contributed by atoms with Crippen molar-refractivity contribution in [3.05, 3.63) is 17.5 Å². The highest BCUT2D eigenvalue weighted by molar-refractivity contribution is 14.1. The van der Waals surface area contributed by atoms with E-state index in [1.807, 2.05) is 9.47 Å². The van der Waals surface area contributed by atoms with Crippen molar-refractivity contribution in [3.8, 4) is 0 Å². The Hall–Kier alpha value is -0.540. The Balaban J connectivity index is 4.15. The van der Waals surface area contributed by atoms with Crippen LogP contribution in [0.4, 0.5) is 145 Å². The number of nitrogens with zero attached hydrogens (tertiary/aromatic N) is 3. The van der Waals surface area contributed by atoms with Crippen LogP contribution < -0.4 is 0 Å². The normalized spacial score (nSPS) is 19.5. The van der Waals surface area contributed by atoms with Crippen molar-refractivity contribution in [2.24, 2.45) is 0 Å². The number of aromatic nitrogens is 3. The average Bonchev–Trinajstić information content (AvgIpc) is 3.00. The molecule has 64 heavy (non-hydrogen) atoms. The molecule has 1 aromatic heterocycles. The van der Waals surface area contributed by atoms with Crippen LogP contribution in [-0.4, -0.2) is 90.9 Å². The maximum absolute atomic E-state index is 14.8. The van der Waals surface area contributed by atoms with Crippen molar-refractivity contribution >= 4 is 90.4 Å². The van der Waals surface area contributed by atoms with E-state index in [2.05, 4.69) is 0 Å². The Kier molecular flexibility index (Phi) is 16.4. The predicted octanol–water partition coefficient (Wildman–Crippen LogP) is 13.4. The first-order valence-corrected chi connectivity index (χ1v) is 17.5. The first kappa shape index (κ1) is 61.5. The zero-order valence-corrected chi connectivity index (χ0v) is 35.6. The summed E-state index contributed by atoms with van der Waals surface area (Å²) in [6, 6.07) is 0. The molecule has 0 bridgehead atoms. The summed E-state index contributed by atoms with van der Waals surface area (Å²) in [5, 5.41) is 0. The van der Waals surface area contributed by atoms with E-state index in [0.717, 1.165) is 15.0 Å². The summed E-state index contributed by atoms with van der Waals surface area (Å²) in [5.41, 5.74) is 0. The number of hydrogen-bond donors (Lipinski definition) is 0. The highest BCUT2D eigenvalue weighted by Gasteiger charge is 2.86. The van der Waals surface area contributed by atoms with Gasteiger partial charge >= 0.3 is 93.9 Å². The third-order valence-corrected chi connectivity index (χ3v) is 9.30. The lowest BCUT2D eigenvalue weighted by atomic mass is 10.2. The molecule has 0 aliphatic rings. The lowest BCUT2D eigenvalue weighted by Gasteiger charge is -2.41. The minimum Gasteiger partial charge on any atom is -0.281 e. The van der Waals surface area contributed by atoms with Crippen molar-refractivity contribution < 1.29 is 164 Å². The van der Waals surface area contributed by atoms with Gasteiger partial charge in [0.2, 0.25) is 17.5 Å². The molecular weight excluding hydrogens is 1480 g/mol. The maximum Gasteiger partial charge on any atom is 0.458 e. The largest absolute Gasteiger partial charge is 0.458 e. The van der Waals surface area contributed by atoms with Gasteiger partial charge in [-0.1, -0.05) is 0 Å². The van der Waals surface area contributed by atoms with Gasteiger partial charge in [0.15, 0.2) is 0 Å². The Morgan fingerprint density at radius 1 is 0.297 bits per heavy atom. The molecule has 0 radical (unpaired) electrons. The quantitative estimate of drug-likeness (QED) is 0.0823. The van der Waals surface area contributed by atoms with Crippen LogP contribution in [0.25, 0.3) is 0 Å². The van der Waals surface area contributed by atoms with Crippen LogP contribution in [-0.2, 0) is 37.0 Å². The molecule has 1 rings (SSSR count). The molecule has 1 heterocycles. The third-order valence-electron chi connectivity index (χ3n) is 6.15. The smallest absolute Gasteiger partial charge is 0.281 e. The molecule has 378 valence electrons. The molecule has 0 spiro atoms. The number of halogens is 37. The molecule has 4 unspecified atom stereocenters. The van der Waals surface area contributed by atoms with E-state index in [4.69, 9.17) is 0 Å². The van der Waals surface area contributed by atoms with Gasteiger partial charge in [0.25, 0.3) is 0 Å². The molecule has 7 nitrogen and oxygen atoms in total. The van der Waals surface area contributed by atoms with E-state index in [-0.39, 0.29) is 0 Å². The first-order valence-electron chi connectivity index (χ1n) is 13.2. The summed E-state index contributed by atoms with van der Waals surface area (Å²) >= 11 is -4.14. The van der Waals surface area contributed by atoms with Gasteiger partial charge in [0, 0.05) is 90.4 Å². The van der Waals surface area contributed by atoms with Crippen LogP contribution >= 0.6 is 90.4 Å². The lowest BCUT2D eigenvalue weighted by Crippen LogP contribution is -2.66. The number of rotatable bonds is 18. The number of alkyl halides is 37. The van der Waals surface area contributed by atoms with Crippen LogP contribution in [0.3, 0.4) is 0 Å². The molecule has 1 aromatic rings. The van der Waals surface area contributed by atoms with Crippen molar-refractivity contribution in [2.75, 3.05) is 0 Å². The predicted molar refractivity (Wildman–Crippen MR) is 160 cm³/mol. The standard InChI is InChI=1S/C20F33I4N3O4/c21-4(22,15(44,45)61-9(32,11(34,35)36)18(50,51)64-20(53,57)8(30,31)14(42,43)55)1-58-2(60-3(59-1)6(25,26)27)5(23,24)16(46,47)63-17(48,49)10(33,12(37,38)39)62-19(52,56)7(28,29)13(40,41)54. The molecule has 0 aromatic carbocycles. The van der Waals surface area contributed by atoms with Gasteiger partial charge in [-0.3, -0.25) is 14.2 Å². The zero-order valence-electron chi connectivity index (χ0n) is 27.0. The Morgan fingerprint density at radius 2 is 0.547 bits per heavy atom. The van der Waals surface area contributed by atoms with Gasteiger partial charge in [-0.05, 0) is 0 Å². The highest BCUT2D eigenvalue weighted by atomic mass is 127. The van der Waals surface area contributed by atoms with Crippen LogP contribution in [0.2, 0.25) is 0 Å². The van der Waals surface area contributed by atoms with Crippen molar-refractivity contribution in [2.45, 2.75) is 93.9 Å². The molecule has 0 amide bonds. The van der Waals surface area contributed by atoms with E-state index in [9.17, 15) is 145 Å². The van der Waals surface area contributed by atoms with Gasteiger partial charge in [-0.25, -0.2) is 19.7 Å². The molecule has 4 atom stereocenters. The molecule has 0 aliphatic carbocycles. The van der Waals surface area contributed by atoms with Crippen LogP contribution in [0, 0.1) is 0 Å². The lowest BCUT2D eigenvalue weighted by molar-refractivity contribution is -0.534. The van der Waals surface area contributed by atoms with Crippen LogP contribution in [0.1, 0.15) is 17.5 Å². The van der Waals surface area contributed by atoms with Gasteiger partial charge < -0.3 is 0 Å². The van der Waals surface area contributed by atoms with Gasteiger partial charge in [0.05, 0.1) is 0 Å². The van der Waals surface area contributed by atoms with E-state index >= 15 is 0 Å². The van der Waals surface area contributed by atoms with E-state index in [1.54, 1.807) is 0 Å². The highest BCUT2D eigenvalue weighted by Crippen LogP contribution is 2.61. The van der Waals surface area contributed by atoms with E-state index in [1.165, 1.54) is 9.47 Å². The molecule has 0 N–H and O–H groups in total. The Morgan fingerprint density at radius 3 is 0.828 bits per heavy atom. The first-order chi connectivity index (χ1) is 27.1. The van der Waals surface area contributed by atoms with Crippen molar-refractivity contribution in [3.63, 3.8) is 0 Å². The summed E-state index contributed by atoms with van der Waals surface area (Å²) in [6.45, 7) is 0. The summed E-state index contributed by atoms with van der Waals surface area (Å²) in [7, 11) is 0. The van der Waals surface area contributed by atoms with E-state index in [0.29, 0.717) is 0 Å². The number of hydrogen-bond acceptors (Lipinski definition) is 7. The Labute approximate surface area is 378 Å². The molecular formula is C20F33I4N3O4.